The Labute approximate surface area is 130 Å². The summed E-state index contributed by atoms with van der Waals surface area (Å²) in [7, 11) is 1.80. The fraction of sp³-hybridized carbons (Fsp3) is 0.286. The van der Waals surface area contributed by atoms with Gasteiger partial charge in [0.1, 0.15) is 6.33 Å². The predicted octanol–water partition coefficient (Wildman–Crippen LogP) is 0.564. The van der Waals surface area contributed by atoms with Gasteiger partial charge in [-0.1, -0.05) is 23.9 Å². The van der Waals surface area contributed by atoms with Crippen molar-refractivity contribution in [2.45, 2.75) is 11.3 Å². The van der Waals surface area contributed by atoms with Crippen LogP contribution in [0.15, 0.2) is 35.7 Å². The third-order valence-corrected chi connectivity index (χ3v) is 4.53. The highest BCUT2D eigenvalue weighted by molar-refractivity contribution is 7.99. The Balaban J connectivity index is 1.63. The minimum Gasteiger partial charge on any atom is -0.390 e. The molecule has 3 rings (SSSR count). The fourth-order valence-electron chi connectivity index (χ4n) is 2.24. The number of benzene rings is 1. The van der Waals surface area contributed by atoms with Gasteiger partial charge in [-0.2, -0.15) is 0 Å². The normalized spacial score (nSPS) is 15.3. The highest BCUT2D eigenvalue weighted by Crippen LogP contribution is 2.23. The van der Waals surface area contributed by atoms with Crippen LogP contribution in [0.2, 0.25) is 0 Å². The zero-order valence-electron chi connectivity index (χ0n) is 11.8. The van der Waals surface area contributed by atoms with E-state index in [1.54, 1.807) is 42.2 Å². The maximum absolute atomic E-state index is 12.2. The standard InChI is InChI=1S/C14H14N4O3S/c1-17-8-15-16-14(17)22-7-9(19)6-18-12(20)10-4-2-3-5-11(10)13(18)21/h2-5,8-9,19H,6-7H2,1H3/t9-/m1/s1. The first-order chi connectivity index (χ1) is 10.6. The highest BCUT2D eigenvalue weighted by atomic mass is 32.2. The SMILES string of the molecule is Cn1cnnc1SC[C@H](O)CN1C(=O)c2ccccc2C1=O. The van der Waals surface area contributed by atoms with Gasteiger partial charge in [-0.15, -0.1) is 10.2 Å². The summed E-state index contributed by atoms with van der Waals surface area (Å²) in [6, 6.07) is 6.67. The van der Waals surface area contributed by atoms with E-state index in [-0.39, 0.29) is 18.4 Å². The number of amides is 2. The second-order valence-corrected chi connectivity index (χ2v) is 5.94. The fourth-order valence-corrected chi connectivity index (χ4v) is 3.04. The van der Waals surface area contributed by atoms with E-state index in [4.69, 9.17) is 0 Å². The van der Waals surface area contributed by atoms with Crippen LogP contribution in [0.25, 0.3) is 0 Å². The molecule has 0 aliphatic carbocycles. The maximum Gasteiger partial charge on any atom is 0.261 e. The molecular formula is C14H14N4O3S. The molecule has 1 N–H and O–H groups in total. The van der Waals surface area contributed by atoms with Crippen LogP contribution in [0.4, 0.5) is 0 Å². The molecule has 0 fully saturated rings. The Morgan fingerprint density at radius 1 is 1.23 bits per heavy atom. The van der Waals surface area contributed by atoms with Crippen LogP contribution in [0.5, 0.6) is 0 Å². The van der Waals surface area contributed by atoms with Crippen molar-refractivity contribution < 1.29 is 14.7 Å². The number of carbonyl (C=O) groups excluding carboxylic acids is 2. The summed E-state index contributed by atoms with van der Waals surface area (Å²) in [6.07, 6.45) is 0.739. The summed E-state index contributed by atoms with van der Waals surface area (Å²) in [6.45, 7) is -0.0306. The minimum atomic E-state index is -0.830. The summed E-state index contributed by atoms with van der Waals surface area (Å²) in [5.74, 6) is -0.397. The lowest BCUT2D eigenvalue weighted by atomic mass is 10.1. The topological polar surface area (TPSA) is 88.3 Å². The minimum absolute atomic E-state index is 0.0306. The van der Waals surface area contributed by atoms with Crippen molar-refractivity contribution in [3.05, 3.63) is 41.7 Å². The summed E-state index contributed by atoms with van der Waals surface area (Å²) in [5.41, 5.74) is 0.779. The maximum atomic E-state index is 12.2. The summed E-state index contributed by atoms with van der Waals surface area (Å²) < 4.78 is 1.74. The van der Waals surface area contributed by atoms with Crippen molar-refractivity contribution in [1.29, 1.82) is 0 Å². The van der Waals surface area contributed by atoms with Gasteiger partial charge >= 0.3 is 0 Å². The number of nitrogens with zero attached hydrogens (tertiary/aromatic N) is 4. The van der Waals surface area contributed by atoms with Gasteiger partial charge in [-0.25, -0.2) is 0 Å². The van der Waals surface area contributed by atoms with E-state index in [0.717, 1.165) is 4.90 Å². The van der Waals surface area contributed by atoms with Gasteiger partial charge < -0.3 is 9.67 Å². The lowest BCUT2D eigenvalue weighted by molar-refractivity contribution is 0.0567. The number of thioether (sulfide) groups is 1. The molecule has 1 aliphatic heterocycles. The van der Waals surface area contributed by atoms with Gasteiger partial charge in [0.05, 0.1) is 23.8 Å². The van der Waals surface area contributed by atoms with Gasteiger partial charge in [0.2, 0.25) is 0 Å². The van der Waals surface area contributed by atoms with Gasteiger partial charge in [0, 0.05) is 12.8 Å². The van der Waals surface area contributed by atoms with Crippen LogP contribution in [0.3, 0.4) is 0 Å². The van der Waals surface area contributed by atoms with Crippen LogP contribution in [0.1, 0.15) is 20.7 Å². The first-order valence-electron chi connectivity index (χ1n) is 6.68. The molecule has 2 aromatic rings. The van der Waals surface area contributed by atoms with E-state index in [1.807, 2.05) is 0 Å². The quantitative estimate of drug-likeness (QED) is 0.640. The van der Waals surface area contributed by atoms with Crippen LogP contribution in [-0.4, -0.2) is 55.0 Å². The Bertz CT molecular complexity index is 695. The summed E-state index contributed by atoms with van der Waals surface area (Å²) in [4.78, 5) is 25.5. The molecule has 1 aromatic carbocycles. The number of imide groups is 1. The lowest BCUT2D eigenvalue weighted by Gasteiger charge is -2.17. The molecule has 22 heavy (non-hydrogen) atoms. The number of aryl methyl sites for hydroxylation is 1. The van der Waals surface area contributed by atoms with Crippen molar-refractivity contribution >= 4 is 23.6 Å². The van der Waals surface area contributed by atoms with Crippen molar-refractivity contribution in [3.63, 3.8) is 0 Å². The van der Waals surface area contributed by atoms with E-state index in [2.05, 4.69) is 10.2 Å². The van der Waals surface area contributed by atoms with Crippen LogP contribution in [-0.2, 0) is 7.05 Å². The predicted molar refractivity (Wildman–Crippen MR) is 79.5 cm³/mol. The molecule has 0 radical (unpaired) electrons. The number of hydrogen-bond acceptors (Lipinski definition) is 6. The molecule has 1 aromatic heterocycles. The van der Waals surface area contributed by atoms with Gasteiger partial charge in [0.25, 0.3) is 11.8 Å². The molecule has 2 amide bonds. The number of hydrogen-bond donors (Lipinski definition) is 1. The Hall–Kier alpha value is -2.19. The van der Waals surface area contributed by atoms with Gasteiger partial charge in [-0.3, -0.25) is 14.5 Å². The lowest BCUT2D eigenvalue weighted by Crippen LogP contribution is -2.37. The van der Waals surface area contributed by atoms with Crippen LogP contribution in [0, 0.1) is 0 Å². The highest BCUT2D eigenvalue weighted by Gasteiger charge is 2.36. The zero-order valence-corrected chi connectivity index (χ0v) is 12.7. The number of rotatable bonds is 5. The van der Waals surface area contributed by atoms with Crippen molar-refractivity contribution in [3.8, 4) is 0 Å². The monoisotopic (exact) mass is 318 g/mol. The smallest absolute Gasteiger partial charge is 0.261 e. The number of aliphatic hydroxyl groups is 1. The molecule has 8 heteroatoms. The molecule has 7 nitrogen and oxygen atoms in total. The first kappa shape index (κ1) is 14.7. The molecular weight excluding hydrogens is 304 g/mol. The molecule has 0 unspecified atom stereocenters. The van der Waals surface area contributed by atoms with Gasteiger partial charge in [-0.05, 0) is 12.1 Å². The Morgan fingerprint density at radius 2 is 1.86 bits per heavy atom. The second-order valence-electron chi connectivity index (χ2n) is 4.96. The summed E-state index contributed by atoms with van der Waals surface area (Å²) in [5, 5.41) is 18.4. The van der Waals surface area contributed by atoms with Crippen LogP contribution < -0.4 is 0 Å². The third kappa shape index (κ3) is 2.62. The third-order valence-electron chi connectivity index (χ3n) is 3.35. The molecule has 0 saturated heterocycles. The number of aliphatic hydroxyl groups excluding tert-OH is 1. The Kier molecular flexibility index (Phi) is 3.95. The number of carbonyl (C=O) groups is 2. The number of aromatic nitrogens is 3. The van der Waals surface area contributed by atoms with E-state index in [1.165, 1.54) is 11.8 Å². The van der Waals surface area contributed by atoms with Crippen molar-refractivity contribution in [2.24, 2.45) is 7.05 Å². The molecule has 0 saturated carbocycles. The number of β-amino-alcohol motifs (C(OH)–C–C–N with tert-alkyl or cyclic N) is 1. The zero-order chi connectivity index (χ0) is 15.7. The second kappa shape index (κ2) is 5.90. The Morgan fingerprint density at radius 3 is 2.41 bits per heavy atom. The van der Waals surface area contributed by atoms with Gasteiger partial charge in [0.15, 0.2) is 5.16 Å². The molecule has 1 atom stereocenters. The average molecular weight is 318 g/mol. The van der Waals surface area contributed by atoms with Crippen molar-refractivity contribution in [1.82, 2.24) is 19.7 Å². The van der Waals surface area contributed by atoms with Crippen LogP contribution >= 0.6 is 11.8 Å². The van der Waals surface area contributed by atoms with Crippen molar-refractivity contribution in [2.75, 3.05) is 12.3 Å². The molecule has 114 valence electrons. The molecule has 1 aliphatic rings. The summed E-state index contributed by atoms with van der Waals surface area (Å²) >= 11 is 1.32. The largest absolute Gasteiger partial charge is 0.390 e. The van der Waals surface area contributed by atoms with E-state index >= 15 is 0 Å². The van der Waals surface area contributed by atoms with E-state index in [0.29, 0.717) is 22.0 Å². The first-order valence-corrected chi connectivity index (χ1v) is 7.66. The number of fused-ring (bicyclic) bond motifs is 1. The molecule has 0 bridgehead atoms. The van der Waals surface area contributed by atoms with E-state index in [9.17, 15) is 14.7 Å². The molecule has 0 spiro atoms. The average Bonchev–Trinajstić information content (AvgIpc) is 3.03. The van der Waals surface area contributed by atoms with E-state index < -0.39 is 6.10 Å². The molecule has 2 heterocycles.